The minimum Gasteiger partial charge on any atom is -0.478 e. The van der Waals surface area contributed by atoms with Crippen LogP contribution < -0.4 is 0 Å². The van der Waals surface area contributed by atoms with Gasteiger partial charge in [-0.2, -0.15) is 0 Å². The van der Waals surface area contributed by atoms with E-state index in [1.807, 2.05) is 26.0 Å². The summed E-state index contributed by atoms with van der Waals surface area (Å²) >= 11 is 0. The number of aromatic nitrogens is 1. The smallest absolute Gasteiger partial charge is 0.337 e. The number of nitrogens with one attached hydrogen (secondary N) is 1. The number of carboxylic acids is 1. The van der Waals surface area contributed by atoms with Gasteiger partial charge in [-0.3, -0.25) is 0 Å². The first-order valence-corrected chi connectivity index (χ1v) is 7.08. The summed E-state index contributed by atoms with van der Waals surface area (Å²) in [5, 5.41) is 9.27. The van der Waals surface area contributed by atoms with E-state index in [1.54, 1.807) is 6.07 Å². The maximum Gasteiger partial charge on any atom is 0.337 e. The molecule has 0 aliphatic rings. The molecule has 0 bridgehead atoms. The number of aromatic amines is 1. The van der Waals surface area contributed by atoms with E-state index in [0.29, 0.717) is 5.56 Å². The van der Waals surface area contributed by atoms with Crippen molar-refractivity contribution in [2.45, 2.75) is 39.5 Å². The first kappa shape index (κ1) is 14.4. The summed E-state index contributed by atoms with van der Waals surface area (Å²) in [6.45, 7) is 6.14. The number of rotatable bonds is 5. The van der Waals surface area contributed by atoms with Crippen LogP contribution in [0.25, 0.3) is 11.3 Å². The van der Waals surface area contributed by atoms with Gasteiger partial charge in [-0.15, -0.1) is 0 Å². The number of aryl methyl sites for hydroxylation is 1. The molecule has 0 radical (unpaired) electrons. The van der Waals surface area contributed by atoms with E-state index in [2.05, 4.69) is 24.0 Å². The first-order chi connectivity index (χ1) is 9.52. The van der Waals surface area contributed by atoms with E-state index < -0.39 is 5.97 Å². The van der Waals surface area contributed by atoms with Gasteiger partial charge in [-0.1, -0.05) is 51.5 Å². The maximum absolute atomic E-state index is 11.3. The van der Waals surface area contributed by atoms with Crippen LogP contribution in [0, 0.1) is 0 Å². The summed E-state index contributed by atoms with van der Waals surface area (Å²) in [4.78, 5) is 14.5. The molecule has 0 aliphatic heterocycles. The van der Waals surface area contributed by atoms with Gasteiger partial charge in [-0.05, 0) is 29.5 Å². The Labute approximate surface area is 119 Å². The third-order valence-corrected chi connectivity index (χ3v) is 3.46. The number of hydrogen-bond acceptors (Lipinski definition) is 1. The monoisotopic (exact) mass is 271 g/mol. The molecular formula is C17H21NO2. The fraction of sp³-hybridized carbons (Fsp3) is 0.353. The lowest BCUT2D eigenvalue weighted by Gasteiger charge is -2.04. The zero-order valence-corrected chi connectivity index (χ0v) is 12.2. The van der Waals surface area contributed by atoms with Crippen LogP contribution in [-0.2, 0) is 6.42 Å². The van der Waals surface area contributed by atoms with Crippen molar-refractivity contribution in [3.8, 4) is 11.3 Å². The molecule has 106 valence electrons. The molecule has 20 heavy (non-hydrogen) atoms. The molecule has 0 unspecified atom stereocenters. The fourth-order valence-corrected chi connectivity index (χ4v) is 2.40. The highest BCUT2D eigenvalue weighted by Crippen LogP contribution is 2.26. The minimum atomic E-state index is -0.876. The quantitative estimate of drug-likeness (QED) is 0.843. The molecule has 0 atom stereocenters. The number of hydrogen-bond donors (Lipinski definition) is 2. The van der Waals surface area contributed by atoms with E-state index in [-0.39, 0.29) is 5.92 Å². The SMILES string of the molecule is CCCc1ccc(-c2cc(C(=O)O)c(C(C)C)[nH]2)cc1. The lowest BCUT2D eigenvalue weighted by Crippen LogP contribution is -2.01. The average Bonchev–Trinajstić information content (AvgIpc) is 2.85. The molecule has 0 saturated carbocycles. The van der Waals surface area contributed by atoms with Crippen LogP contribution in [0.4, 0.5) is 0 Å². The summed E-state index contributed by atoms with van der Waals surface area (Å²) in [6, 6.07) is 10.0. The molecule has 1 aromatic carbocycles. The van der Waals surface area contributed by atoms with Gasteiger partial charge in [0, 0.05) is 11.4 Å². The molecule has 1 aromatic heterocycles. The van der Waals surface area contributed by atoms with E-state index in [1.165, 1.54) is 5.56 Å². The van der Waals surface area contributed by atoms with E-state index >= 15 is 0 Å². The van der Waals surface area contributed by atoms with Crippen LogP contribution >= 0.6 is 0 Å². The third kappa shape index (κ3) is 2.93. The fourth-order valence-electron chi connectivity index (χ4n) is 2.40. The molecular weight excluding hydrogens is 250 g/mol. The van der Waals surface area contributed by atoms with Crippen LogP contribution in [-0.4, -0.2) is 16.1 Å². The topological polar surface area (TPSA) is 53.1 Å². The van der Waals surface area contributed by atoms with Crippen LogP contribution in [0.2, 0.25) is 0 Å². The summed E-state index contributed by atoms with van der Waals surface area (Å²) in [5.74, 6) is -0.715. The van der Waals surface area contributed by atoms with Crippen molar-refractivity contribution < 1.29 is 9.90 Å². The molecule has 2 rings (SSSR count). The molecule has 0 saturated heterocycles. The normalized spacial score (nSPS) is 11.0. The van der Waals surface area contributed by atoms with E-state index in [9.17, 15) is 9.90 Å². The summed E-state index contributed by atoms with van der Waals surface area (Å²) in [5.41, 5.74) is 4.36. The van der Waals surface area contributed by atoms with Gasteiger partial charge >= 0.3 is 5.97 Å². The van der Waals surface area contributed by atoms with Crippen molar-refractivity contribution >= 4 is 5.97 Å². The molecule has 2 N–H and O–H groups in total. The molecule has 0 spiro atoms. The average molecular weight is 271 g/mol. The Bertz CT molecular complexity index is 594. The molecule has 0 fully saturated rings. The van der Waals surface area contributed by atoms with E-state index in [0.717, 1.165) is 29.8 Å². The largest absolute Gasteiger partial charge is 0.478 e. The van der Waals surface area contributed by atoms with Gasteiger partial charge in [0.1, 0.15) is 0 Å². The van der Waals surface area contributed by atoms with Crippen molar-refractivity contribution in [3.05, 3.63) is 47.2 Å². The molecule has 0 amide bonds. The molecule has 2 aromatic rings. The Morgan fingerprint density at radius 1 is 1.25 bits per heavy atom. The highest BCUT2D eigenvalue weighted by atomic mass is 16.4. The molecule has 3 heteroatoms. The minimum absolute atomic E-state index is 0.161. The highest BCUT2D eigenvalue weighted by Gasteiger charge is 2.17. The summed E-state index contributed by atoms with van der Waals surface area (Å²) < 4.78 is 0. The predicted octanol–water partition coefficient (Wildman–Crippen LogP) is 4.46. The highest BCUT2D eigenvalue weighted by molar-refractivity contribution is 5.91. The van der Waals surface area contributed by atoms with Gasteiger partial charge in [-0.25, -0.2) is 4.79 Å². The Kier molecular flexibility index (Phi) is 4.28. The Morgan fingerprint density at radius 3 is 2.35 bits per heavy atom. The molecule has 1 heterocycles. The Morgan fingerprint density at radius 2 is 1.90 bits per heavy atom. The van der Waals surface area contributed by atoms with Gasteiger partial charge in [0.05, 0.1) is 5.56 Å². The Hall–Kier alpha value is -2.03. The van der Waals surface area contributed by atoms with Crippen LogP contribution in [0.3, 0.4) is 0 Å². The molecule has 3 nitrogen and oxygen atoms in total. The lowest BCUT2D eigenvalue weighted by atomic mass is 10.1. The Balaban J connectivity index is 2.37. The van der Waals surface area contributed by atoms with Crippen molar-refractivity contribution in [2.75, 3.05) is 0 Å². The van der Waals surface area contributed by atoms with Crippen molar-refractivity contribution in [3.63, 3.8) is 0 Å². The third-order valence-electron chi connectivity index (χ3n) is 3.46. The predicted molar refractivity (Wildman–Crippen MR) is 81.3 cm³/mol. The van der Waals surface area contributed by atoms with Crippen molar-refractivity contribution in [2.24, 2.45) is 0 Å². The zero-order valence-electron chi connectivity index (χ0n) is 12.2. The second-order valence-electron chi connectivity index (χ2n) is 5.42. The molecule has 0 aliphatic carbocycles. The number of carboxylic acid groups (broad SMARTS) is 1. The summed E-state index contributed by atoms with van der Waals surface area (Å²) in [6.07, 6.45) is 2.20. The zero-order chi connectivity index (χ0) is 14.7. The van der Waals surface area contributed by atoms with Crippen LogP contribution in [0.1, 0.15) is 54.7 Å². The second kappa shape index (κ2) is 5.95. The van der Waals surface area contributed by atoms with Gasteiger partial charge in [0.25, 0.3) is 0 Å². The first-order valence-electron chi connectivity index (χ1n) is 7.08. The number of carbonyl (C=O) groups is 1. The van der Waals surface area contributed by atoms with Crippen LogP contribution in [0.5, 0.6) is 0 Å². The van der Waals surface area contributed by atoms with E-state index in [4.69, 9.17) is 0 Å². The number of aromatic carboxylic acids is 1. The van der Waals surface area contributed by atoms with Crippen molar-refractivity contribution in [1.29, 1.82) is 0 Å². The van der Waals surface area contributed by atoms with Crippen LogP contribution in [0.15, 0.2) is 30.3 Å². The van der Waals surface area contributed by atoms with Gasteiger partial charge in [0.15, 0.2) is 0 Å². The maximum atomic E-state index is 11.3. The lowest BCUT2D eigenvalue weighted by molar-refractivity contribution is 0.0695. The number of benzene rings is 1. The van der Waals surface area contributed by atoms with Gasteiger partial charge < -0.3 is 10.1 Å². The van der Waals surface area contributed by atoms with Gasteiger partial charge in [0.2, 0.25) is 0 Å². The standard InChI is InChI=1S/C17H21NO2/c1-4-5-12-6-8-13(9-7-12)15-10-14(17(19)20)16(18-15)11(2)3/h6-11,18H,4-5H2,1-3H3,(H,19,20). The number of H-pyrrole nitrogens is 1. The van der Waals surface area contributed by atoms with Crippen molar-refractivity contribution in [1.82, 2.24) is 4.98 Å². The summed E-state index contributed by atoms with van der Waals surface area (Å²) in [7, 11) is 0. The second-order valence-corrected chi connectivity index (χ2v) is 5.42.